The van der Waals surface area contributed by atoms with E-state index in [9.17, 15) is 18.0 Å². The average molecular weight is 167 g/mol. The van der Waals surface area contributed by atoms with Gasteiger partial charge in [-0.05, 0) is 0 Å². The van der Waals surface area contributed by atoms with Crippen LogP contribution in [0.1, 0.15) is 5.82 Å². The first-order chi connectivity index (χ1) is 4.91. The summed E-state index contributed by atoms with van der Waals surface area (Å²) in [6.45, 7) is 0. The molecule has 11 heavy (non-hydrogen) atoms. The van der Waals surface area contributed by atoms with Gasteiger partial charge in [0.1, 0.15) is 0 Å². The number of H-pyrrole nitrogens is 1. The summed E-state index contributed by atoms with van der Waals surface area (Å²) in [7, 11) is 1.07. The fourth-order valence-electron chi connectivity index (χ4n) is 0.646. The second-order valence-corrected chi connectivity index (χ2v) is 1.91. The Hall–Kier alpha value is -1.27. The van der Waals surface area contributed by atoms with Gasteiger partial charge in [-0.25, -0.2) is 9.89 Å². The van der Waals surface area contributed by atoms with E-state index >= 15 is 0 Å². The standard InChI is InChI=1S/C4H4F3N3O/c1-10-2(4(5,6)7)8-3(11)9-10/h1H3,(H,9,11). The molecule has 62 valence electrons. The molecule has 1 N–H and O–H groups in total. The number of hydrogen-bond acceptors (Lipinski definition) is 2. The van der Waals surface area contributed by atoms with E-state index in [0.29, 0.717) is 4.68 Å². The minimum atomic E-state index is -4.58. The zero-order chi connectivity index (χ0) is 8.65. The van der Waals surface area contributed by atoms with Gasteiger partial charge in [0.25, 0.3) is 0 Å². The van der Waals surface area contributed by atoms with E-state index in [-0.39, 0.29) is 0 Å². The van der Waals surface area contributed by atoms with Gasteiger partial charge in [-0.2, -0.15) is 18.2 Å². The molecule has 0 amide bonds. The molecular weight excluding hydrogens is 163 g/mol. The predicted octanol–water partition coefficient (Wildman–Crippen LogP) is 0.127. The van der Waals surface area contributed by atoms with Gasteiger partial charge in [0, 0.05) is 7.05 Å². The Balaban J connectivity index is 3.24. The molecule has 0 saturated carbocycles. The maximum absolute atomic E-state index is 11.8. The van der Waals surface area contributed by atoms with Gasteiger partial charge in [0.2, 0.25) is 5.82 Å². The summed E-state index contributed by atoms with van der Waals surface area (Å²) in [6, 6.07) is 0. The van der Waals surface area contributed by atoms with E-state index in [1.807, 2.05) is 5.10 Å². The molecule has 0 aliphatic carbocycles. The van der Waals surface area contributed by atoms with Crippen molar-refractivity contribution in [3.63, 3.8) is 0 Å². The van der Waals surface area contributed by atoms with Crippen LogP contribution in [-0.4, -0.2) is 14.8 Å². The van der Waals surface area contributed by atoms with Crippen LogP contribution < -0.4 is 5.69 Å². The molecule has 0 aliphatic rings. The van der Waals surface area contributed by atoms with Crippen LogP contribution in [0.25, 0.3) is 0 Å². The highest BCUT2D eigenvalue weighted by Crippen LogP contribution is 2.25. The van der Waals surface area contributed by atoms with Crippen molar-refractivity contribution >= 4 is 0 Å². The molecule has 0 bridgehead atoms. The van der Waals surface area contributed by atoms with Crippen molar-refractivity contribution in [2.24, 2.45) is 7.05 Å². The Kier molecular flexibility index (Phi) is 1.50. The fourth-order valence-corrected chi connectivity index (χ4v) is 0.646. The zero-order valence-electron chi connectivity index (χ0n) is 5.44. The molecule has 4 nitrogen and oxygen atoms in total. The summed E-state index contributed by atoms with van der Waals surface area (Å²) >= 11 is 0. The van der Waals surface area contributed by atoms with Gasteiger partial charge in [-0.15, -0.1) is 0 Å². The summed E-state index contributed by atoms with van der Waals surface area (Å²) in [5, 5.41) is 1.84. The van der Waals surface area contributed by atoms with E-state index in [1.165, 1.54) is 0 Å². The van der Waals surface area contributed by atoms with Crippen LogP contribution in [0, 0.1) is 0 Å². The first kappa shape index (κ1) is 7.83. The van der Waals surface area contributed by atoms with Gasteiger partial charge < -0.3 is 0 Å². The molecule has 0 unspecified atom stereocenters. The molecule has 1 aromatic rings. The van der Waals surface area contributed by atoms with Crippen LogP contribution in [0.4, 0.5) is 13.2 Å². The second-order valence-electron chi connectivity index (χ2n) is 1.91. The Bertz CT molecular complexity index is 309. The van der Waals surface area contributed by atoms with E-state index in [2.05, 4.69) is 4.98 Å². The zero-order valence-corrected chi connectivity index (χ0v) is 5.44. The van der Waals surface area contributed by atoms with Crippen molar-refractivity contribution in [1.29, 1.82) is 0 Å². The molecule has 1 heterocycles. The molecule has 1 rings (SSSR count). The van der Waals surface area contributed by atoms with Crippen molar-refractivity contribution in [2.75, 3.05) is 0 Å². The minimum Gasteiger partial charge on any atom is -0.266 e. The predicted molar refractivity (Wildman–Crippen MR) is 28.8 cm³/mol. The quantitative estimate of drug-likeness (QED) is 0.596. The Morgan fingerprint density at radius 1 is 1.55 bits per heavy atom. The normalized spacial score (nSPS) is 12.0. The molecule has 1 aromatic heterocycles. The van der Waals surface area contributed by atoms with Gasteiger partial charge >= 0.3 is 11.9 Å². The molecule has 0 aliphatic heterocycles. The number of aromatic amines is 1. The number of aryl methyl sites for hydroxylation is 1. The summed E-state index contributed by atoms with van der Waals surface area (Å²) in [6.07, 6.45) is -4.58. The SMILES string of the molecule is Cn1[nH]c(=O)nc1C(F)(F)F. The number of aromatic nitrogens is 3. The van der Waals surface area contributed by atoms with Crippen LogP contribution in [-0.2, 0) is 13.2 Å². The van der Waals surface area contributed by atoms with E-state index in [0.717, 1.165) is 7.05 Å². The van der Waals surface area contributed by atoms with Gasteiger partial charge in [0.15, 0.2) is 0 Å². The summed E-state index contributed by atoms with van der Waals surface area (Å²) in [5.41, 5.74) is -1.00. The third-order valence-electron chi connectivity index (χ3n) is 1.04. The lowest BCUT2D eigenvalue weighted by Gasteiger charge is -2.02. The molecule has 0 spiro atoms. The lowest BCUT2D eigenvalue weighted by Crippen LogP contribution is -2.13. The number of nitrogens with one attached hydrogen (secondary N) is 1. The summed E-state index contributed by atoms with van der Waals surface area (Å²) in [4.78, 5) is 13.0. The van der Waals surface area contributed by atoms with Gasteiger partial charge in [-0.3, -0.25) is 4.68 Å². The van der Waals surface area contributed by atoms with Crippen LogP contribution in [0.2, 0.25) is 0 Å². The molecule has 7 heteroatoms. The summed E-state index contributed by atoms with van der Waals surface area (Å²) in [5.74, 6) is -1.22. The molecule has 0 fully saturated rings. The first-order valence-electron chi connectivity index (χ1n) is 2.61. The van der Waals surface area contributed by atoms with Crippen molar-refractivity contribution in [2.45, 2.75) is 6.18 Å². The van der Waals surface area contributed by atoms with E-state index in [1.54, 1.807) is 0 Å². The van der Waals surface area contributed by atoms with E-state index < -0.39 is 17.7 Å². The summed E-state index contributed by atoms with van der Waals surface area (Å²) < 4.78 is 36.0. The maximum atomic E-state index is 11.8. The minimum absolute atomic E-state index is 0.530. The molecule has 0 saturated heterocycles. The van der Waals surface area contributed by atoms with Crippen molar-refractivity contribution < 1.29 is 13.2 Å². The fraction of sp³-hybridized carbons (Fsp3) is 0.500. The lowest BCUT2D eigenvalue weighted by molar-refractivity contribution is -0.147. The van der Waals surface area contributed by atoms with Crippen molar-refractivity contribution in [1.82, 2.24) is 14.8 Å². The van der Waals surface area contributed by atoms with E-state index in [4.69, 9.17) is 0 Å². The van der Waals surface area contributed by atoms with Gasteiger partial charge in [-0.1, -0.05) is 0 Å². The lowest BCUT2D eigenvalue weighted by atomic mass is 10.6. The number of rotatable bonds is 0. The highest BCUT2D eigenvalue weighted by Gasteiger charge is 2.36. The molecule has 0 aromatic carbocycles. The van der Waals surface area contributed by atoms with Crippen LogP contribution in [0.5, 0.6) is 0 Å². The highest BCUT2D eigenvalue weighted by atomic mass is 19.4. The Morgan fingerprint density at radius 3 is 2.27 bits per heavy atom. The smallest absolute Gasteiger partial charge is 0.266 e. The van der Waals surface area contributed by atoms with Crippen LogP contribution >= 0.6 is 0 Å². The Labute approximate surface area is 58.6 Å². The van der Waals surface area contributed by atoms with Crippen LogP contribution in [0.3, 0.4) is 0 Å². The molecular formula is C4H4F3N3O. The number of nitrogens with zero attached hydrogens (tertiary/aromatic N) is 2. The van der Waals surface area contributed by atoms with Crippen molar-refractivity contribution in [3.8, 4) is 0 Å². The maximum Gasteiger partial charge on any atom is 0.451 e. The third-order valence-corrected chi connectivity index (χ3v) is 1.04. The van der Waals surface area contributed by atoms with Gasteiger partial charge in [0.05, 0.1) is 0 Å². The molecule has 0 atom stereocenters. The molecule has 0 radical (unpaired) electrons. The second kappa shape index (κ2) is 2.11. The number of hydrogen-bond donors (Lipinski definition) is 1. The first-order valence-corrected chi connectivity index (χ1v) is 2.61. The number of halogens is 3. The number of alkyl halides is 3. The largest absolute Gasteiger partial charge is 0.451 e. The topological polar surface area (TPSA) is 50.7 Å². The highest BCUT2D eigenvalue weighted by molar-refractivity contribution is 4.88. The van der Waals surface area contributed by atoms with Crippen molar-refractivity contribution in [3.05, 3.63) is 16.3 Å². The monoisotopic (exact) mass is 167 g/mol. The average Bonchev–Trinajstić information content (AvgIpc) is 2.08. The third kappa shape index (κ3) is 1.41. The van der Waals surface area contributed by atoms with Crippen LogP contribution in [0.15, 0.2) is 4.79 Å². The Morgan fingerprint density at radius 2 is 2.09 bits per heavy atom.